The Hall–Kier alpha value is -1.87. The number of halogens is 1. The van der Waals surface area contributed by atoms with Gasteiger partial charge in [0.2, 0.25) is 5.91 Å². The zero-order chi connectivity index (χ0) is 15.9. The van der Waals surface area contributed by atoms with Crippen molar-refractivity contribution in [1.82, 2.24) is 9.88 Å². The predicted octanol–water partition coefficient (Wildman–Crippen LogP) is 3.78. The molecule has 0 N–H and O–H groups in total. The van der Waals surface area contributed by atoms with Gasteiger partial charge < -0.3 is 4.90 Å². The van der Waals surface area contributed by atoms with Crippen molar-refractivity contribution in [1.29, 1.82) is 0 Å². The summed E-state index contributed by atoms with van der Waals surface area (Å²) in [5, 5.41) is 0.718. The SMILES string of the molecule is O=C(N1CC[C@@H](c2ccncc2)C1)C1(c2ccc(Cl)cc2)CC1. The van der Waals surface area contributed by atoms with Crippen LogP contribution in [0.5, 0.6) is 0 Å². The minimum Gasteiger partial charge on any atom is -0.341 e. The highest BCUT2D eigenvalue weighted by Gasteiger charge is 2.53. The van der Waals surface area contributed by atoms with Crippen LogP contribution >= 0.6 is 11.6 Å². The second kappa shape index (κ2) is 5.64. The number of hydrogen-bond acceptors (Lipinski definition) is 2. The number of rotatable bonds is 3. The minimum absolute atomic E-state index is 0.288. The van der Waals surface area contributed by atoms with Gasteiger partial charge in [-0.2, -0.15) is 0 Å². The zero-order valence-corrected chi connectivity index (χ0v) is 13.7. The lowest BCUT2D eigenvalue weighted by Gasteiger charge is -2.24. The van der Waals surface area contributed by atoms with Gasteiger partial charge in [-0.15, -0.1) is 0 Å². The lowest BCUT2D eigenvalue weighted by atomic mass is 9.94. The van der Waals surface area contributed by atoms with E-state index in [1.54, 1.807) is 0 Å². The molecule has 0 spiro atoms. The van der Waals surface area contributed by atoms with E-state index in [0.717, 1.165) is 42.9 Å². The highest BCUT2D eigenvalue weighted by Crippen LogP contribution is 2.50. The number of carbonyl (C=O) groups is 1. The molecule has 0 unspecified atom stereocenters. The van der Waals surface area contributed by atoms with Gasteiger partial charge in [-0.3, -0.25) is 9.78 Å². The zero-order valence-electron chi connectivity index (χ0n) is 12.9. The maximum atomic E-state index is 13.1. The average Bonchev–Trinajstić information content (AvgIpc) is 3.25. The molecule has 1 atom stereocenters. The van der Waals surface area contributed by atoms with Gasteiger partial charge in [0.05, 0.1) is 5.41 Å². The van der Waals surface area contributed by atoms with Crippen molar-refractivity contribution in [3.8, 4) is 0 Å². The highest BCUT2D eigenvalue weighted by molar-refractivity contribution is 6.30. The summed E-state index contributed by atoms with van der Waals surface area (Å²) in [6, 6.07) is 11.9. The third kappa shape index (κ3) is 2.63. The van der Waals surface area contributed by atoms with Gasteiger partial charge in [-0.1, -0.05) is 23.7 Å². The maximum absolute atomic E-state index is 13.1. The first kappa shape index (κ1) is 14.7. The van der Waals surface area contributed by atoms with E-state index >= 15 is 0 Å². The molecule has 3 nitrogen and oxygen atoms in total. The molecule has 1 saturated carbocycles. The van der Waals surface area contributed by atoms with Crippen molar-refractivity contribution in [3.05, 3.63) is 64.9 Å². The summed E-state index contributed by atoms with van der Waals surface area (Å²) >= 11 is 5.98. The van der Waals surface area contributed by atoms with Gasteiger partial charge in [-0.05, 0) is 54.7 Å². The highest BCUT2D eigenvalue weighted by atomic mass is 35.5. The molecule has 118 valence electrons. The van der Waals surface area contributed by atoms with Crippen LogP contribution in [0.15, 0.2) is 48.8 Å². The first-order chi connectivity index (χ1) is 11.2. The minimum atomic E-state index is -0.294. The van der Waals surface area contributed by atoms with Gasteiger partial charge in [-0.25, -0.2) is 0 Å². The van der Waals surface area contributed by atoms with E-state index < -0.39 is 0 Å². The number of likely N-dealkylation sites (tertiary alicyclic amines) is 1. The largest absolute Gasteiger partial charge is 0.341 e. The van der Waals surface area contributed by atoms with Crippen molar-refractivity contribution in [3.63, 3.8) is 0 Å². The van der Waals surface area contributed by atoms with Crippen molar-refractivity contribution >= 4 is 17.5 Å². The van der Waals surface area contributed by atoms with Crippen LogP contribution in [0.25, 0.3) is 0 Å². The molecule has 4 rings (SSSR count). The van der Waals surface area contributed by atoms with Gasteiger partial charge >= 0.3 is 0 Å². The molecular formula is C19H19ClN2O. The van der Waals surface area contributed by atoms with Gasteiger partial charge in [0.1, 0.15) is 0 Å². The van der Waals surface area contributed by atoms with Crippen LogP contribution in [0.4, 0.5) is 0 Å². The van der Waals surface area contributed by atoms with Gasteiger partial charge in [0.15, 0.2) is 0 Å². The van der Waals surface area contributed by atoms with E-state index in [1.165, 1.54) is 5.56 Å². The second-order valence-electron chi connectivity index (χ2n) is 6.61. The van der Waals surface area contributed by atoms with E-state index in [2.05, 4.69) is 17.1 Å². The Morgan fingerprint density at radius 2 is 1.83 bits per heavy atom. The van der Waals surface area contributed by atoms with Crippen LogP contribution < -0.4 is 0 Å². The second-order valence-corrected chi connectivity index (χ2v) is 7.04. The number of nitrogens with zero attached hydrogens (tertiary/aromatic N) is 2. The maximum Gasteiger partial charge on any atom is 0.233 e. The molecule has 2 heterocycles. The Balaban J connectivity index is 1.51. The molecule has 1 saturated heterocycles. The Morgan fingerprint density at radius 1 is 1.13 bits per heavy atom. The van der Waals surface area contributed by atoms with Crippen LogP contribution in [0.3, 0.4) is 0 Å². The molecule has 2 aliphatic rings. The van der Waals surface area contributed by atoms with E-state index in [1.807, 2.05) is 41.6 Å². The molecule has 2 fully saturated rings. The fourth-order valence-electron chi connectivity index (χ4n) is 3.68. The topological polar surface area (TPSA) is 33.2 Å². The Kier molecular flexibility index (Phi) is 3.61. The van der Waals surface area contributed by atoms with Crippen LogP contribution in [-0.4, -0.2) is 28.9 Å². The summed E-state index contributed by atoms with van der Waals surface area (Å²) < 4.78 is 0. The summed E-state index contributed by atoms with van der Waals surface area (Å²) in [5.41, 5.74) is 2.10. The predicted molar refractivity (Wildman–Crippen MR) is 90.5 cm³/mol. The molecule has 1 aliphatic heterocycles. The fraction of sp³-hybridized carbons (Fsp3) is 0.368. The Morgan fingerprint density at radius 3 is 2.48 bits per heavy atom. The van der Waals surface area contributed by atoms with E-state index in [0.29, 0.717) is 5.92 Å². The number of aromatic nitrogens is 1. The normalized spacial score (nSPS) is 22.1. The lowest BCUT2D eigenvalue weighted by Crippen LogP contribution is -2.37. The van der Waals surface area contributed by atoms with E-state index in [4.69, 9.17) is 11.6 Å². The number of pyridine rings is 1. The summed E-state index contributed by atoms with van der Waals surface area (Å²) in [5.74, 6) is 0.722. The van der Waals surface area contributed by atoms with Crippen LogP contribution in [0.2, 0.25) is 5.02 Å². The summed E-state index contributed by atoms with van der Waals surface area (Å²) in [7, 11) is 0. The van der Waals surface area contributed by atoms with Crippen molar-refractivity contribution in [2.45, 2.75) is 30.6 Å². The first-order valence-corrected chi connectivity index (χ1v) is 8.52. The van der Waals surface area contributed by atoms with Crippen molar-refractivity contribution in [2.75, 3.05) is 13.1 Å². The van der Waals surface area contributed by atoms with Crippen LogP contribution in [-0.2, 0) is 10.2 Å². The van der Waals surface area contributed by atoms with E-state index in [9.17, 15) is 4.79 Å². The molecule has 4 heteroatoms. The third-order valence-corrected chi connectivity index (χ3v) is 5.46. The molecule has 1 aliphatic carbocycles. The Bertz CT molecular complexity index is 710. The standard InChI is InChI=1S/C19H19ClN2O/c20-17-3-1-16(2-4-17)19(8-9-19)18(23)22-12-7-15(13-22)14-5-10-21-11-6-14/h1-6,10-11,15H,7-9,12-13H2/t15-/m1/s1. The Labute approximate surface area is 141 Å². The molecule has 1 aromatic carbocycles. The van der Waals surface area contributed by atoms with Crippen molar-refractivity contribution < 1.29 is 4.79 Å². The number of carbonyl (C=O) groups excluding carboxylic acids is 1. The average molecular weight is 327 g/mol. The quantitative estimate of drug-likeness (QED) is 0.860. The monoisotopic (exact) mass is 326 g/mol. The molecule has 1 aromatic heterocycles. The number of hydrogen-bond donors (Lipinski definition) is 0. The summed E-state index contributed by atoms with van der Waals surface area (Å²) in [6.45, 7) is 1.67. The molecule has 0 radical (unpaired) electrons. The molecule has 23 heavy (non-hydrogen) atoms. The van der Waals surface area contributed by atoms with Gasteiger partial charge in [0.25, 0.3) is 0 Å². The lowest BCUT2D eigenvalue weighted by molar-refractivity contribution is -0.132. The third-order valence-electron chi connectivity index (χ3n) is 5.21. The number of benzene rings is 1. The molecule has 0 bridgehead atoms. The summed E-state index contributed by atoms with van der Waals surface area (Å²) in [6.07, 6.45) is 6.59. The summed E-state index contributed by atoms with van der Waals surface area (Å²) in [4.78, 5) is 19.2. The molecular weight excluding hydrogens is 308 g/mol. The molecule has 1 amide bonds. The number of amides is 1. The van der Waals surface area contributed by atoms with E-state index in [-0.39, 0.29) is 11.3 Å². The molecule has 2 aromatic rings. The smallest absolute Gasteiger partial charge is 0.233 e. The first-order valence-electron chi connectivity index (χ1n) is 8.14. The fourth-order valence-corrected chi connectivity index (χ4v) is 3.80. The van der Waals surface area contributed by atoms with Crippen LogP contribution in [0, 0.1) is 0 Å². The van der Waals surface area contributed by atoms with Gasteiger partial charge in [0, 0.05) is 36.4 Å². The van der Waals surface area contributed by atoms with Crippen molar-refractivity contribution in [2.24, 2.45) is 0 Å². The van der Waals surface area contributed by atoms with Crippen LogP contribution in [0.1, 0.15) is 36.3 Å².